The van der Waals surface area contributed by atoms with Crippen molar-refractivity contribution in [3.63, 3.8) is 0 Å². The van der Waals surface area contributed by atoms with Crippen molar-refractivity contribution < 1.29 is 18.3 Å². The smallest absolute Gasteiger partial charge is 0.396 e. The van der Waals surface area contributed by atoms with E-state index in [1.54, 1.807) is 18.3 Å². The molecule has 2 heterocycles. The third kappa shape index (κ3) is 9.40. The van der Waals surface area contributed by atoms with E-state index in [-0.39, 0.29) is 30.3 Å². The van der Waals surface area contributed by atoms with E-state index in [2.05, 4.69) is 20.3 Å². The number of aryl methyl sites for hydroxylation is 1. The lowest BCUT2D eigenvalue weighted by Crippen LogP contribution is -2.25. The molecule has 45 heavy (non-hydrogen) atoms. The molecule has 0 radical (unpaired) electrons. The average molecular weight is 627 g/mol. The van der Waals surface area contributed by atoms with Gasteiger partial charge in [0.15, 0.2) is 5.96 Å². The lowest BCUT2D eigenvalue weighted by molar-refractivity contribution is -0.137. The monoisotopic (exact) mass is 626 g/mol. The van der Waals surface area contributed by atoms with Gasteiger partial charge in [-0.2, -0.15) is 18.2 Å². The molecule has 4 rings (SSSR count). The van der Waals surface area contributed by atoms with Crippen LogP contribution < -0.4 is 28.2 Å². The van der Waals surface area contributed by atoms with E-state index in [9.17, 15) is 23.1 Å². The van der Waals surface area contributed by atoms with Gasteiger partial charge in [-0.25, -0.2) is 4.79 Å². The molecule has 2 aromatic heterocycles. The minimum atomic E-state index is -4.51. The fraction of sp³-hybridized carbons (Fsp3) is 0.406. The third-order valence-corrected chi connectivity index (χ3v) is 7.51. The van der Waals surface area contributed by atoms with Crippen molar-refractivity contribution >= 4 is 17.0 Å². The molecule has 13 heteroatoms. The maximum absolute atomic E-state index is 13.8. The van der Waals surface area contributed by atoms with Crippen molar-refractivity contribution in [3.8, 4) is 16.9 Å². The summed E-state index contributed by atoms with van der Waals surface area (Å²) in [7, 11) is 0. The van der Waals surface area contributed by atoms with Gasteiger partial charge in [-0.3, -0.25) is 9.56 Å². The van der Waals surface area contributed by atoms with Crippen molar-refractivity contribution in [1.29, 1.82) is 0 Å². The molecule has 0 saturated heterocycles. The fourth-order valence-electron chi connectivity index (χ4n) is 5.23. The van der Waals surface area contributed by atoms with Crippen molar-refractivity contribution in [2.75, 3.05) is 19.7 Å². The van der Waals surface area contributed by atoms with E-state index in [4.69, 9.17) is 17.2 Å². The molecule has 9 N–H and O–H groups in total. The van der Waals surface area contributed by atoms with Gasteiger partial charge in [-0.15, -0.1) is 0 Å². The molecule has 242 valence electrons. The van der Waals surface area contributed by atoms with Crippen molar-refractivity contribution in [1.82, 2.24) is 19.9 Å². The number of aromatic amines is 1. The molecule has 0 amide bonds. The van der Waals surface area contributed by atoms with Crippen LogP contribution in [0.1, 0.15) is 61.8 Å². The molecule has 0 fully saturated rings. The van der Waals surface area contributed by atoms with Gasteiger partial charge in [0, 0.05) is 42.5 Å². The van der Waals surface area contributed by atoms with E-state index in [1.165, 1.54) is 10.6 Å². The molecule has 0 aliphatic heterocycles. The average Bonchev–Trinajstić information content (AvgIpc) is 3.40. The number of hydrogen-bond acceptors (Lipinski definition) is 6. The zero-order valence-corrected chi connectivity index (χ0v) is 25.3. The minimum absolute atomic E-state index is 0.0222. The molecular weight excluding hydrogens is 585 g/mol. The van der Waals surface area contributed by atoms with Crippen LogP contribution in [-0.2, 0) is 12.6 Å². The summed E-state index contributed by atoms with van der Waals surface area (Å²) in [5.74, 6) is 0.0507. The number of nitrogens with one attached hydrogen (secondary N) is 2. The first kappa shape index (κ1) is 33.7. The zero-order chi connectivity index (χ0) is 32.6. The van der Waals surface area contributed by atoms with Gasteiger partial charge in [0.2, 0.25) is 0 Å². The number of H-pyrrole nitrogens is 1. The van der Waals surface area contributed by atoms with E-state index >= 15 is 0 Å². The van der Waals surface area contributed by atoms with Gasteiger partial charge in [0.1, 0.15) is 5.65 Å². The van der Waals surface area contributed by atoms with Gasteiger partial charge in [0.25, 0.3) is 0 Å². The number of rotatable bonds is 15. The number of hydrogen-bond donors (Lipinski definition) is 6. The van der Waals surface area contributed by atoms with Gasteiger partial charge in [0.05, 0.1) is 11.3 Å². The molecule has 0 aliphatic rings. The van der Waals surface area contributed by atoms with Gasteiger partial charge >= 0.3 is 11.9 Å². The van der Waals surface area contributed by atoms with Crippen LogP contribution in [0.4, 0.5) is 13.2 Å². The number of nitrogens with zero attached hydrogens (tertiary/aromatic N) is 3. The van der Waals surface area contributed by atoms with Gasteiger partial charge in [-0.1, -0.05) is 12.1 Å². The van der Waals surface area contributed by atoms with Crippen LogP contribution in [0.5, 0.6) is 0 Å². The van der Waals surface area contributed by atoms with E-state index in [0.717, 1.165) is 18.1 Å². The number of aliphatic hydroxyl groups excluding tert-OH is 1. The Labute approximate surface area is 259 Å². The largest absolute Gasteiger partial charge is 0.416 e. The first-order valence-corrected chi connectivity index (χ1v) is 15.0. The van der Waals surface area contributed by atoms with Crippen LogP contribution in [-0.4, -0.2) is 51.3 Å². The van der Waals surface area contributed by atoms with Crippen LogP contribution >= 0.6 is 0 Å². The minimum Gasteiger partial charge on any atom is -0.396 e. The number of halogens is 3. The highest BCUT2D eigenvalue weighted by atomic mass is 19.4. The highest BCUT2D eigenvalue weighted by molar-refractivity contribution is 5.83. The van der Waals surface area contributed by atoms with E-state index in [0.29, 0.717) is 73.1 Å². The first-order chi connectivity index (χ1) is 21.4. The maximum Gasteiger partial charge on any atom is 0.416 e. The highest BCUT2D eigenvalue weighted by Gasteiger charge is 2.31. The summed E-state index contributed by atoms with van der Waals surface area (Å²) in [6.45, 7) is 3.11. The third-order valence-electron chi connectivity index (χ3n) is 7.51. The number of nitrogens with two attached hydrogens (primary N) is 3. The standard InChI is InChI=1S/C32H41F3N8O2/c1-20(36)5-2-6-21-15-23(17-25(16-21)32(33,34)35)28-18-24-19-43(31(45)42-29(24)41-28)26-10-8-22(9-11-26)27(7-3-14-44)39-12-4-13-40-30(37)38/h8-11,15-20,27,39,44H,2-7,12-14,36H2,1H3,(H4,37,38,40)(H,41,42,45)/t20-,27-/m0/s1. The summed E-state index contributed by atoms with van der Waals surface area (Å²) in [5.41, 5.74) is 18.5. The molecule has 4 aromatic rings. The predicted molar refractivity (Wildman–Crippen MR) is 171 cm³/mol. The fourth-order valence-corrected chi connectivity index (χ4v) is 5.23. The second-order valence-electron chi connectivity index (χ2n) is 11.3. The number of aliphatic hydroxyl groups is 1. The molecule has 10 nitrogen and oxygen atoms in total. The van der Waals surface area contributed by atoms with E-state index in [1.807, 2.05) is 31.2 Å². The number of benzene rings is 2. The van der Waals surface area contributed by atoms with Crippen molar-refractivity contribution in [2.24, 2.45) is 22.2 Å². The second kappa shape index (κ2) is 15.2. The second-order valence-corrected chi connectivity index (χ2v) is 11.3. The number of guanidine groups is 1. The van der Waals surface area contributed by atoms with Crippen LogP contribution in [0.25, 0.3) is 28.0 Å². The molecule has 0 aliphatic carbocycles. The number of alkyl halides is 3. The molecule has 0 spiro atoms. The highest BCUT2D eigenvalue weighted by Crippen LogP contribution is 2.34. The molecule has 2 atom stereocenters. The summed E-state index contributed by atoms with van der Waals surface area (Å²) in [6, 6.07) is 13.1. The molecule has 0 bridgehead atoms. The Kier molecular flexibility index (Phi) is 11.4. The Morgan fingerprint density at radius 2 is 1.84 bits per heavy atom. The quantitative estimate of drug-likeness (QED) is 0.0654. The molecule has 0 unspecified atom stereocenters. The Morgan fingerprint density at radius 1 is 1.09 bits per heavy atom. The van der Waals surface area contributed by atoms with E-state index < -0.39 is 17.4 Å². The normalized spacial score (nSPS) is 13.2. The predicted octanol–water partition coefficient (Wildman–Crippen LogP) is 4.14. The van der Waals surface area contributed by atoms with Crippen molar-refractivity contribution in [2.45, 2.75) is 63.7 Å². The summed E-state index contributed by atoms with van der Waals surface area (Å²) in [6.07, 6.45) is 1.02. The lowest BCUT2D eigenvalue weighted by atomic mass is 9.99. The molecule has 2 aromatic carbocycles. The van der Waals surface area contributed by atoms with Gasteiger partial charge in [-0.05, 0) is 105 Å². The Hall–Kier alpha value is -4.20. The topological polar surface area (TPSA) is 173 Å². The first-order valence-electron chi connectivity index (χ1n) is 15.0. The SMILES string of the molecule is C[C@H](N)CCCc1cc(-c2cc3cn(-c4ccc([C@H](CCCO)NCCCN=C(N)N)cc4)c(=O)nc3[nH]2)cc(C(F)(F)F)c1. The van der Waals surface area contributed by atoms with Crippen molar-refractivity contribution in [3.05, 3.63) is 81.9 Å². The molecule has 0 saturated carbocycles. The van der Waals surface area contributed by atoms with Crippen LogP contribution in [0.15, 0.2) is 64.5 Å². The number of fused-ring (bicyclic) bond motifs is 1. The summed E-state index contributed by atoms with van der Waals surface area (Å²) in [4.78, 5) is 24.2. The summed E-state index contributed by atoms with van der Waals surface area (Å²) in [5, 5.41) is 13.4. The Bertz CT molecular complexity index is 1640. The van der Waals surface area contributed by atoms with Crippen LogP contribution in [0.3, 0.4) is 0 Å². The number of aromatic nitrogens is 3. The molecular formula is C32H41F3N8O2. The van der Waals surface area contributed by atoms with Gasteiger partial charge < -0.3 is 32.6 Å². The Balaban J connectivity index is 1.58. The number of aliphatic imine (C=N–C) groups is 1. The zero-order valence-electron chi connectivity index (χ0n) is 25.3. The Morgan fingerprint density at radius 3 is 2.51 bits per heavy atom. The summed E-state index contributed by atoms with van der Waals surface area (Å²) >= 11 is 0. The maximum atomic E-state index is 13.8. The lowest BCUT2D eigenvalue weighted by Gasteiger charge is -2.19. The summed E-state index contributed by atoms with van der Waals surface area (Å²) < 4.78 is 42.7. The van der Waals surface area contributed by atoms with Crippen LogP contribution in [0, 0.1) is 0 Å². The van der Waals surface area contributed by atoms with Crippen LogP contribution in [0.2, 0.25) is 0 Å².